The standard InChI is InChI=1S/C12H14ClFN2O/c1-7-2-9(14)3-8(12(7)13)5-15-10-4-11(17)16-6-10/h2-3,10,15H,4-6H2,1H3,(H,16,17). The molecular weight excluding hydrogens is 243 g/mol. The first-order valence-corrected chi connectivity index (χ1v) is 5.88. The van der Waals surface area contributed by atoms with Crippen LogP contribution < -0.4 is 10.6 Å². The minimum Gasteiger partial charge on any atom is -0.354 e. The van der Waals surface area contributed by atoms with Crippen molar-refractivity contribution >= 4 is 17.5 Å². The summed E-state index contributed by atoms with van der Waals surface area (Å²) in [6, 6.07) is 2.93. The van der Waals surface area contributed by atoms with Crippen LogP contribution >= 0.6 is 11.6 Å². The third kappa shape index (κ3) is 2.96. The summed E-state index contributed by atoms with van der Waals surface area (Å²) < 4.78 is 13.2. The van der Waals surface area contributed by atoms with Crippen LogP contribution in [-0.2, 0) is 11.3 Å². The van der Waals surface area contributed by atoms with Crippen LogP contribution in [0.15, 0.2) is 12.1 Å². The van der Waals surface area contributed by atoms with Gasteiger partial charge in [-0.3, -0.25) is 4.79 Å². The number of carbonyl (C=O) groups is 1. The fraction of sp³-hybridized carbons (Fsp3) is 0.417. The number of hydrogen-bond donors (Lipinski definition) is 2. The summed E-state index contributed by atoms with van der Waals surface area (Å²) in [4.78, 5) is 11.0. The van der Waals surface area contributed by atoms with Crippen molar-refractivity contribution in [2.75, 3.05) is 6.54 Å². The first kappa shape index (κ1) is 12.3. The van der Waals surface area contributed by atoms with E-state index in [1.807, 2.05) is 0 Å². The highest BCUT2D eigenvalue weighted by molar-refractivity contribution is 6.32. The summed E-state index contributed by atoms with van der Waals surface area (Å²) in [6.45, 7) is 2.86. The highest BCUT2D eigenvalue weighted by Crippen LogP contribution is 2.22. The van der Waals surface area contributed by atoms with Gasteiger partial charge in [-0.2, -0.15) is 0 Å². The summed E-state index contributed by atoms with van der Waals surface area (Å²) in [7, 11) is 0. The molecule has 5 heteroatoms. The van der Waals surface area contributed by atoms with Crippen molar-refractivity contribution in [2.45, 2.75) is 25.9 Å². The molecule has 1 heterocycles. The Morgan fingerprint density at radius 2 is 2.35 bits per heavy atom. The zero-order chi connectivity index (χ0) is 12.4. The van der Waals surface area contributed by atoms with E-state index < -0.39 is 0 Å². The Bertz CT molecular complexity index is 450. The van der Waals surface area contributed by atoms with Crippen LogP contribution in [0.25, 0.3) is 0 Å². The molecular formula is C12H14ClFN2O. The maximum absolute atomic E-state index is 13.2. The number of benzene rings is 1. The molecule has 92 valence electrons. The van der Waals surface area contributed by atoms with E-state index in [4.69, 9.17) is 11.6 Å². The molecule has 1 aliphatic rings. The third-order valence-corrected chi connectivity index (χ3v) is 3.39. The van der Waals surface area contributed by atoms with E-state index in [0.29, 0.717) is 24.5 Å². The maximum Gasteiger partial charge on any atom is 0.221 e. The van der Waals surface area contributed by atoms with Crippen LogP contribution in [-0.4, -0.2) is 18.5 Å². The molecule has 1 fully saturated rings. The zero-order valence-electron chi connectivity index (χ0n) is 9.52. The van der Waals surface area contributed by atoms with Crippen LogP contribution in [0.3, 0.4) is 0 Å². The van der Waals surface area contributed by atoms with E-state index in [1.54, 1.807) is 6.92 Å². The van der Waals surface area contributed by atoms with E-state index in [-0.39, 0.29) is 17.8 Å². The van der Waals surface area contributed by atoms with Crippen molar-refractivity contribution in [2.24, 2.45) is 0 Å². The highest BCUT2D eigenvalue weighted by atomic mass is 35.5. The fourth-order valence-electron chi connectivity index (χ4n) is 1.93. The average molecular weight is 257 g/mol. The predicted molar refractivity (Wildman–Crippen MR) is 64.4 cm³/mol. The Balaban J connectivity index is 2.01. The maximum atomic E-state index is 13.2. The molecule has 1 aromatic rings. The van der Waals surface area contributed by atoms with Gasteiger partial charge in [0.05, 0.1) is 0 Å². The minimum atomic E-state index is -0.288. The van der Waals surface area contributed by atoms with Crippen molar-refractivity contribution < 1.29 is 9.18 Å². The van der Waals surface area contributed by atoms with Gasteiger partial charge < -0.3 is 10.6 Å². The number of rotatable bonds is 3. The van der Waals surface area contributed by atoms with Gasteiger partial charge in [-0.05, 0) is 30.2 Å². The molecule has 0 aromatic heterocycles. The van der Waals surface area contributed by atoms with E-state index in [9.17, 15) is 9.18 Å². The number of aryl methyl sites for hydroxylation is 1. The quantitative estimate of drug-likeness (QED) is 0.865. The van der Waals surface area contributed by atoms with Crippen LogP contribution in [0.5, 0.6) is 0 Å². The molecule has 1 unspecified atom stereocenters. The van der Waals surface area contributed by atoms with Gasteiger partial charge in [0.25, 0.3) is 0 Å². The lowest BCUT2D eigenvalue weighted by atomic mass is 10.1. The van der Waals surface area contributed by atoms with Crippen molar-refractivity contribution in [1.82, 2.24) is 10.6 Å². The van der Waals surface area contributed by atoms with Crippen LogP contribution in [0.2, 0.25) is 5.02 Å². The van der Waals surface area contributed by atoms with Gasteiger partial charge in [0, 0.05) is 30.6 Å². The molecule has 1 aromatic carbocycles. The fourth-order valence-corrected chi connectivity index (χ4v) is 2.10. The number of amides is 1. The van der Waals surface area contributed by atoms with Gasteiger partial charge in [-0.1, -0.05) is 11.6 Å². The van der Waals surface area contributed by atoms with Crippen molar-refractivity contribution in [3.63, 3.8) is 0 Å². The van der Waals surface area contributed by atoms with E-state index in [0.717, 1.165) is 11.1 Å². The molecule has 0 spiro atoms. The van der Waals surface area contributed by atoms with Crippen LogP contribution in [0, 0.1) is 12.7 Å². The average Bonchev–Trinajstić information content (AvgIpc) is 2.67. The number of nitrogens with one attached hydrogen (secondary N) is 2. The Hall–Kier alpha value is -1.13. The Labute approximate surface area is 104 Å². The lowest BCUT2D eigenvalue weighted by Crippen LogP contribution is -2.30. The van der Waals surface area contributed by atoms with Crippen LogP contribution in [0.4, 0.5) is 4.39 Å². The molecule has 2 N–H and O–H groups in total. The SMILES string of the molecule is Cc1cc(F)cc(CNC2CNC(=O)C2)c1Cl. The number of halogens is 2. The molecule has 2 rings (SSSR count). The third-order valence-electron chi connectivity index (χ3n) is 2.85. The molecule has 0 bridgehead atoms. The molecule has 3 nitrogen and oxygen atoms in total. The van der Waals surface area contributed by atoms with Crippen molar-refractivity contribution in [3.8, 4) is 0 Å². The zero-order valence-corrected chi connectivity index (χ0v) is 10.3. The molecule has 0 radical (unpaired) electrons. The van der Waals surface area contributed by atoms with E-state index in [2.05, 4.69) is 10.6 Å². The number of hydrogen-bond acceptors (Lipinski definition) is 2. The Morgan fingerprint density at radius 1 is 1.59 bits per heavy atom. The Morgan fingerprint density at radius 3 is 3.00 bits per heavy atom. The summed E-state index contributed by atoms with van der Waals surface area (Å²) in [5.74, 6) is -0.242. The smallest absolute Gasteiger partial charge is 0.221 e. The molecule has 1 saturated heterocycles. The summed E-state index contributed by atoms with van der Waals surface area (Å²) in [5, 5.41) is 6.50. The van der Waals surface area contributed by atoms with E-state index >= 15 is 0 Å². The second kappa shape index (κ2) is 5.02. The summed E-state index contributed by atoms with van der Waals surface area (Å²) in [6.07, 6.45) is 0.464. The van der Waals surface area contributed by atoms with Crippen LogP contribution in [0.1, 0.15) is 17.5 Å². The monoisotopic (exact) mass is 256 g/mol. The molecule has 1 atom stereocenters. The highest BCUT2D eigenvalue weighted by Gasteiger charge is 2.20. The topological polar surface area (TPSA) is 41.1 Å². The van der Waals surface area contributed by atoms with Gasteiger partial charge in [0.1, 0.15) is 5.82 Å². The minimum absolute atomic E-state index is 0.0454. The van der Waals surface area contributed by atoms with Gasteiger partial charge in [-0.15, -0.1) is 0 Å². The first-order chi connectivity index (χ1) is 8.06. The molecule has 17 heavy (non-hydrogen) atoms. The summed E-state index contributed by atoms with van der Waals surface area (Å²) in [5.41, 5.74) is 1.45. The van der Waals surface area contributed by atoms with Gasteiger partial charge in [0.2, 0.25) is 5.91 Å². The Kier molecular flexibility index (Phi) is 3.64. The lowest BCUT2D eigenvalue weighted by Gasteiger charge is -2.12. The predicted octanol–water partition coefficient (Wildman–Crippen LogP) is 1.77. The second-order valence-electron chi connectivity index (χ2n) is 4.28. The van der Waals surface area contributed by atoms with Crippen molar-refractivity contribution in [1.29, 1.82) is 0 Å². The van der Waals surface area contributed by atoms with Gasteiger partial charge in [-0.25, -0.2) is 4.39 Å². The molecule has 0 aliphatic carbocycles. The first-order valence-electron chi connectivity index (χ1n) is 5.51. The van der Waals surface area contributed by atoms with Crippen molar-refractivity contribution in [3.05, 3.63) is 34.1 Å². The van der Waals surface area contributed by atoms with Gasteiger partial charge in [0.15, 0.2) is 0 Å². The normalized spacial score (nSPS) is 19.5. The molecule has 1 amide bonds. The summed E-state index contributed by atoms with van der Waals surface area (Å²) >= 11 is 6.09. The number of carbonyl (C=O) groups excluding carboxylic acids is 1. The molecule has 0 saturated carbocycles. The largest absolute Gasteiger partial charge is 0.354 e. The second-order valence-corrected chi connectivity index (χ2v) is 4.66. The van der Waals surface area contributed by atoms with E-state index in [1.165, 1.54) is 12.1 Å². The van der Waals surface area contributed by atoms with Gasteiger partial charge >= 0.3 is 0 Å². The lowest BCUT2D eigenvalue weighted by molar-refractivity contribution is -0.119. The molecule has 1 aliphatic heterocycles.